The molecule has 0 spiro atoms. The van der Waals surface area contributed by atoms with Gasteiger partial charge in [-0.05, 0) is 54.1 Å². The van der Waals surface area contributed by atoms with E-state index in [9.17, 15) is 17.2 Å². The van der Waals surface area contributed by atoms with Crippen molar-refractivity contribution >= 4 is 15.6 Å². The summed E-state index contributed by atoms with van der Waals surface area (Å²) in [5.41, 5.74) is 4.27. The second-order valence-corrected chi connectivity index (χ2v) is 9.39. The fourth-order valence-corrected chi connectivity index (χ4v) is 4.22. The molecule has 0 aliphatic carbocycles. The number of halogens is 2. The summed E-state index contributed by atoms with van der Waals surface area (Å²) >= 11 is 0. The number of sulfone groups is 1. The van der Waals surface area contributed by atoms with Crippen molar-refractivity contribution in [2.45, 2.75) is 4.90 Å². The van der Waals surface area contributed by atoms with Crippen molar-refractivity contribution in [3.8, 4) is 33.6 Å². The Morgan fingerprint density at radius 2 is 1.31 bits per heavy atom. The fraction of sp³-hybridized carbons (Fsp3) is 0.0417. The Morgan fingerprint density at radius 1 is 0.781 bits per heavy atom. The topological polar surface area (TPSA) is 64.6 Å². The number of aromatic nitrogens is 2. The summed E-state index contributed by atoms with van der Waals surface area (Å²) in [6.07, 6.45) is 2.67. The highest BCUT2D eigenvalue weighted by atomic mass is 32.2. The predicted octanol–water partition coefficient (Wildman–Crippen LogP) is 5.61. The third-order valence-electron chi connectivity index (χ3n) is 5.18. The third kappa shape index (κ3) is 3.48. The van der Waals surface area contributed by atoms with E-state index in [1.165, 1.54) is 42.7 Å². The molecule has 0 N–H and O–H groups in total. The smallest absolute Gasteiger partial charge is 0.230 e. The molecule has 160 valence electrons. The minimum absolute atomic E-state index is 0.194. The van der Waals surface area contributed by atoms with Crippen LogP contribution in [-0.2, 0) is 9.84 Å². The highest BCUT2D eigenvalue weighted by Crippen LogP contribution is 2.38. The van der Waals surface area contributed by atoms with Crippen LogP contribution in [0.5, 0.6) is 0 Å². The van der Waals surface area contributed by atoms with Crippen LogP contribution in [0.3, 0.4) is 0 Å². The quantitative estimate of drug-likeness (QED) is 0.357. The number of benzene rings is 3. The number of nitrogens with zero attached hydrogens (tertiary/aromatic N) is 2. The second-order valence-electron chi connectivity index (χ2n) is 7.37. The van der Waals surface area contributed by atoms with Crippen molar-refractivity contribution in [1.82, 2.24) is 9.61 Å². The second kappa shape index (κ2) is 7.42. The van der Waals surface area contributed by atoms with E-state index in [4.69, 9.17) is 9.52 Å². The molecule has 0 radical (unpaired) electrons. The van der Waals surface area contributed by atoms with Crippen LogP contribution in [0.15, 0.2) is 88.4 Å². The van der Waals surface area contributed by atoms with Crippen molar-refractivity contribution in [2.24, 2.45) is 0 Å². The van der Waals surface area contributed by atoms with E-state index < -0.39 is 9.84 Å². The molecule has 5 rings (SSSR count). The van der Waals surface area contributed by atoms with Crippen LogP contribution < -0.4 is 0 Å². The van der Waals surface area contributed by atoms with Crippen molar-refractivity contribution in [3.05, 3.63) is 90.7 Å². The first-order valence-electron chi connectivity index (χ1n) is 9.64. The average molecular weight is 450 g/mol. The molecule has 0 bridgehead atoms. The average Bonchev–Trinajstić information content (AvgIpc) is 3.34. The summed E-state index contributed by atoms with van der Waals surface area (Å²) < 4.78 is 58.0. The zero-order chi connectivity index (χ0) is 22.5. The Hall–Kier alpha value is -3.78. The molecule has 5 nitrogen and oxygen atoms in total. The lowest BCUT2D eigenvalue weighted by atomic mass is 10.0. The van der Waals surface area contributed by atoms with Gasteiger partial charge in [-0.2, -0.15) is 9.61 Å². The summed E-state index contributed by atoms with van der Waals surface area (Å²) in [5, 5.41) is 4.72. The van der Waals surface area contributed by atoms with Crippen LogP contribution in [-0.4, -0.2) is 24.3 Å². The number of rotatable bonds is 4. The van der Waals surface area contributed by atoms with Gasteiger partial charge in [0.05, 0.1) is 10.5 Å². The monoisotopic (exact) mass is 450 g/mol. The van der Waals surface area contributed by atoms with E-state index in [2.05, 4.69) is 0 Å². The minimum Gasteiger partial charge on any atom is -0.444 e. The molecule has 0 atom stereocenters. The third-order valence-corrected chi connectivity index (χ3v) is 6.31. The molecule has 0 fully saturated rings. The number of hydrogen-bond acceptors (Lipinski definition) is 4. The fourth-order valence-electron chi connectivity index (χ4n) is 3.59. The van der Waals surface area contributed by atoms with E-state index in [0.717, 1.165) is 6.26 Å². The maximum absolute atomic E-state index is 13.5. The standard InChI is InChI=1S/C24H16F2N2O3S/c1-32(29,30)20-12-6-17(7-13-20)23-22(16-4-10-19(26)11-5-16)24-28(27-23)21(14-31-24)15-2-8-18(25)9-3-15/h2-14H,1H3. The van der Waals surface area contributed by atoms with E-state index in [1.54, 1.807) is 40.9 Å². The van der Waals surface area contributed by atoms with Crippen molar-refractivity contribution < 1.29 is 21.6 Å². The Balaban J connectivity index is 1.74. The van der Waals surface area contributed by atoms with E-state index in [0.29, 0.717) is 39.4 Å². The molecule has 0 saturated carbocycles. The van der Waals surface area contributed by atoms with Gasteiger partial charge >= 0.3 is 0 Å². The molecule has 5 aromatic rings. The first kappa shape index (κ1) is 20.1. The molecular formula is C24H16F2N2O3S. The van der Waals surface area contributed by atoms with Gasteiger partial charge in [-0.15, -0.1) is 0 Å². The highest BCUT2D eigenvalue weighted by molar-refractivity contribution is 7.90. The highest BCUT2D eigenvalue weighted by Gasteiger charge is 2.22. The number of fused-ring (bicyclic) bond motifs is 1. The summed E-state index contributed by atoms with van der Waals surface area (Å²) in [7, 11) is -3.35. The molecule has 8 heteroatoms. The van der Waals surface area contributed by atoms with Gasteiger partial charge in [0.15, 0.2) is 9.84 Å². The summed E-state index contributed by atoms with van der Waals surface area (Å²) in [6.45, 7) is 0. The van der Waals surface area contributed by atoms with Crippen LogP contribution in [0, 0.1) is 11.6 Å². The summed E-state index contributed by atoms with van der Waals surface area (Å²) in [4.78, 5) is 0.194. The van der Waals surface area contributed by atoms with E-state index in [1.807, 2.05) is 0 Å². The van der Waals surface area contributed by atoms with Crippen LogP contribution in [0.1, 0.15) is 0 Å². The predicted molar refractivity (Wildman–Crippen MR) is 117 cm³/mol. The van der Waals surface area contributed by atoms with Crippen LogP contribution in [0.25, 0.3) is 39.4 Å². The summed E-state index contributed by atoms with van der Waals surface area (Å²) in [5.74, 6) is -0.727. The molecule has 0 aliphatic heterocycles. The Kier molecular flexibility index (Phi) is 4.67. The molecule has 0 saturated heterocycles. The minimum atomic E-state index is -3.35. The maximum Gasteiger partial charge on any atom is 0.230 e. The SMILES string of the molecule is CS(=O)(=O)c1ccc(-c2nn3c(-c4ccc(F)cc4)coc3c2-c2ccc(F)cc2)cc1. The van der Waals surface area contributed by atoms with Crippen LogP contribution >= 0.6 is 0 Å². The van der Waals surface area contributed by atoms with Gasteiger partial charge < -0.3 is 4.42 Å². The van der Waals surface area contributed by atoms with E-state index in [-0.39, 0.29) is 16.5 Å². The molecule has 2 aromatic heterocycles. The Labute approximate surface area is 182 Å². The first-order chi connectivity index (χ1) is 15.3. The lowest BCUT2D eigenvalue weighted by Gasteiger charge is -2.04. The van der Waals surface area contributed by atoms with Gasteiger partial charge in [-0.25, -0.2) is 17.2 Å². The van der Waals surface area contributed by atoms with Crippen LogP contribution in [0.2, 0.25) is 0 Å². The van der Waals surface area contributed by atoms with Gasteiger partial charge in [0.1, 0.15) is 29.3 Å². The maximum atomic E-state index is 13.5. The molecule has 3 aromatic carbocycles. The van der Waals surface area contributed by atoms with Gasteiger partial charge in [0.25, 0.3) is 0 Å². The van der Waals surface area contributed by atoms with Crippen LogP contribution in [0.4, 0.5) is 8.78 Å². The molecule has 2 heterocycles. The number of hydrogen-bond donors (Lipinski definition) is 0. The zero-order valence-corrected chi connectivity index (χ0v) is 17.6. The molecular weight excluding hydrogens is 434 g/mol. The Bertz CT molecular complexity index is 1530. The zero-order valence-electron chi connectivity index (χ0n) is 16.8. The van der Waals surface area contributed by atoms with Gasteiger partial charge in [0, 0.05) is 17.4 Å². The lowest BCUT2D eigenvalue weighted by Crippen LogP contribution is -1.96. The van der Waals surface area contributed by atoms with Gasteiger partial charge in [-0.1, -0.05) is 24.3 Å². The van der Waals surface area contributed by atoms with Crippen molar-refractivity contribution in [2.75, 3.05) is 6.26 Å². The lowest BCUT2D eigenvalue weighted by molar-refractivity contribution is 0.602. The Morgan fingerprint density at radius 3 is 1.88 bits per heavy atom. The first-order valence-corrected chi connectivity index (χ1v) is 11.5. The number of oxazole rings is 1. The van der Waals surface area contributed by atoms with Gasteiger partial charge in [0.2, 0.25) is 5.71 Å². The molecule has 0 aliphatic rings. The van der Waals surface area contributed by atoms with Crippen molar-refractivity contribution in [1.29, 1.82) is 0 Å². The van der Waals surface area contributed by atoms with Gasteiger partial charge in [-0.3, -0.25) is 0 Å². The largest absolute Gasteiger partial charge is 0.444 e. The molecule has 32 heavy (non-hydrogen) atoms. The van der Waals surface area contributed by atoms with Crippen molar-refractivity contribution in [3.63, 3.8) is 0 Å². The summed E-state index contributed by atoms with van der Waals surface area (Å²) in [6, 6.07) is 18.3. The van der Waals surface area contributed by atoms with E-state index >= 15 is 0 Å². The molecule has 0 amide bonds. The molecule has 0 unspecified atom stereocenters. The normalized spacial score (nSPS) is 11.8.